The Balaban J connectivity index is 2.06. The van der Waals surface area contributed by atoms with Crippen LogP contribution in [0.25, 0.3) is 0 Å². The van der Waals surface area contributed by atoms with Crippen molar-refractivity contribution in [1.82, 2.24) is 5.32 Å². The van der Waals surface area contributed by atoms with E-state index in [1.807, 2.05) is 6.92 Å². The largest absolute Gasteiger partial charge is 0.491 e. The normalized spacial score (nSPS) is 21.9. The van der Waals surface area contributed by atoms with E-state index in [-0.39, 0.29) is 11.8 Å². The fourth-order valence-corrected chi connectivity index (χ4v) is 2.71. The molecule has 0 spiro atoms. The van der Waals surface area contributed by atoms with Crippen LogP contribution >= 0.6 is 11.6 Å². The van der Waals surface area contributed by atoms with E-state index < -0.39 is 0 Å². The van der Waals surface area contributed by atoms with Crippen LogP contribution in [-0.2, 0) is 4.79 Å². The summed E-state index contributed by atoms with van der Waals surface area (Å²) in [7, 11) is 0. The number of piperidine rings is 1. The molecule has 1 aliphatic heterocycles. The highest BCUT2D eigenvalue weighted by Crippen LogP contribution is 2.29. The van der Waals surface area contributed by atoms with Gasteiger partial charge in [0.2, 0.25) is 5.91 Å². The first-order valence-corrected chi connectivity index (χ1v) is 7.94. The molecule has 116 valence electrons. The lowest BCUT2D eigenvalue weighted by Crippen LogP contribution is -2.40. The van der Waals surface area contributed by atoms with Crippen LogP contribution in [0.4, 0.5) is 5.69 Å². The van der Waals surface area contributed by atoms with Crippen LogP contribution in [0.15, 0.2) is 18.2 Å². The van der Waals surface area contributed by atoms with Crippen molar-refractivity contribution in [3.05, 3.63) is 23.2 Å². The molecule has 1 aromatic carbocycles. The summed E-state index contributed by atoms with van der Waals surface area (Å²) in [5, 5.41) is 6.92. The Hall–Kier alpha value is -1.26. The Morgan fingerprint density at radius 3 is 3.05 bits per heavy atom. The van der Waals surface area contributed by atoms with Gasteiger partial charge < -0.3 is 15.4 Å². The predicted molar refractivity (Wildman–Crippen MR) is 86.1 cm³/mol. The highest BCUT2D eigenvalue weighted by molar-refractivity contribution is 6.31. The number of hydrogen-bond donors (Lipinski definition) is 2. The quantitative estimate of drug-likeness (QED) is 0.875. The van der Waals surface area contributed by atoms with Crippen LogP contribution in [-0.4, -0.2) is 25.1 Å². The number of carbonyl (C=O) groups is 1. The molecule has 21 heavy (non-hydrogen) atoms. The highest BCUT2D eigenvalue weighted by Gasteiger charge is 2.25. The Bertz CT molecular complexity index is 493. The predicted octanol–water partition coefficient (Wildman–Crippen LogP) is 3.46. The van der Waals surface area contributed by atoms with Crippen LogP contribution < -0.4 is 15.4 Å². The lowest BCUT2D eigenvalue weighted by atomic mass is 9.92. The lowest BCUT2D eigenvalue weighted by Gasteiger charge is -2.27. The zero-order chi connectivity index (χ0) is 15.2. The smallest absolute Gasteiger partial charge is 0.227 e. The van der Waals surface area contributed by atoms with Gasteiger partial charge in [0.25, 0.3) is 0 Å². The van der Waals surface area contributed by atoms with Crippen molar-refractivity contribution in [2.24, 2.45) is 5.92 Å². The molecule has 0 unspecified atom stereocenters. The maximum atomic E-state index is 12.4. The van der Waals surface area contributed by atoms with Crippen LogP contribution in [0.2, 0.25) is 5.02 Å². The number of ether oxygens (including phenoxy) is 1. The average molecular weight is 311 g/mol. The molecule has 0 aliphatic carbocycles. The van der Waals surface area contributed by atoms with Crippen molar-refractivity contribution in [3.63, 3.8) is 0 Å². The van der Waals surface area contributed by atoms with Gasteiger partial charge in [-0.1, -0.05) is 18.5 Å². The van der Waals surface area contributed by atoms with E-state index in [9.17, 15) is 4.79 Å². The van der Waals surface area contributed by atoms with Gasteiger partial charge in [-0.25, -0.2) is 0 Å². The van der Waals surface area contributed by atoms with E-state index >= 15 is 0 Å². The van der Waals surface area contributed by atoms with Crippen molar-refractivity contribution >= 4 is 23.2 Å². The van der Waals surface area contributed by atoms with E-state index in [0.29, 0.717) is 29.1 Å². The second-order valence-electron chi connectivity index (χ2n) is 5.55. The van der Waals surface area contributed by atoms with Crippen molar-refractivity contribution in [3.8, 4) is 5.75 Å². The van der Waals surface area contributed by atoms with Gasteiger partial charge in [0.1, 0.15) is 5.75 Å². The summed E-state index contributed by atoms with van der Waals surface area (Å²) in [6.07, 6.45) is 2.64. The molecule has 0 bridgehead atoms. The molecule has 1 aromatic rings. The molecular weight excluding hydrogens is 288 g/mol. The van der Waals surface area contributed by atoms with E-state index in [4.69, 9.17) is 16.3 Å². The second-order valence-corrected chi connectivity index (χ2v) is 5.99. The first-order chi connectivity index (χ1) is 10.1. The molecule has 0 aromatic heterocycles. The molecule has 1 heterocycles. The van der Waals surface area contributed by atoms with Crippen LogP contribution in [0.5, 0.6) is 5.75 Å². The highest BCUT2D eigenvalue weighted by atomic mass is 35.5. The summed E-state index contributed by atoms with van der Waals surface area (Å²) in [4.78, 5) is 12.4. The van der Waals surface area contributed by atoms with Gasteiger partial charge in [-0.2, -0.15) is 0 Å². The third kappa shape index (κ3) is 4.61. The minimum atomic E-state index is 0.0410. The summed E-state index contributed by atoms with van der Waals surface area (Å²) in [6, 6.07) is 5.70. The number of carbonyl (C=O) groups excluding carboxylic acids is 1. The molecule has 2 atom stereocenters. The molecule has 1 aliphatic rings. The molecule has 4 nitrogen and oxygen atoms in total. The average Bonchev–Trinajstić information content (AvgIpc) is 2.46. The van der Waals surface area contributed by atoms with E-state index in [2.05, 4.69) is 17.6 Å². The number of rotatable bonds is 5. The monoisotopic (exact) mass is 310 g/mol. The zero-order valence-corrected chi connectivity index (χ0v) is 13.4. The topological polar surface area (TPSA) is 50.4 Å². The molecule has 2 rings (SSSR count). The third-order valence-corrected chi connectivity index (χ3v) is 3.89. The summed E-state index contributed by atoms with van der Waals surface area (Å²) < 4.78 is 5.66. The molecule has 0 radical (unpaired) electrons. The summed E-state index contributed by atoms with van der Waals surface area (Å²) >= 11 is 6.03. The SMILES string of the molecule is CCCOc1ccc(Cl)cc1NC(=O)[C@H]1CCN[C@@H](C)C1. The zero-order valence-electron chi connectivity index (χ0n) is 12.6. The van der Waals surface area contributed by atoms with E-state index in [1.54, 1.807) is 18.2 Å². The fourth-order valence-electron chi connectivity index (χ4n) is 2.54. The van der Waals surface area contributed by atoms with Crippen molar-refractivity contribution in [1.29, 1.82) is 0 Å². The molecule has 2 N–H and O–H groups in total. The first-order valence-electron chi connectivity index (χ1n) is 7.56. The third-order valence-electron chi connectivity index (χ3n) is 3.66. The number of amides is 1. The van der Waals surface area contributed by atoms with E-state index in [0.717, 1.165) is 25.8 Å². The lowest BCUT2D eigenvalue weighted by molar-refractivity contribution is -0.120. The Morgan fingerprint density at radius 1 is 1.52 bits per heavy atom. The Morgan fingerprint density at radius 2 is 2.33 bits per heavy atom. The number of nitrogens with one attached hydrogen (secondary N) is 2. The second kappa shape index (κ2) is 7.66. The maximum absolute atomic E-state index is 12.4. The molecule has 1 fully saturated rings. The van der Waals surface area contributed by atoms with Gasteiger partial charge in [-0.15, -0.1) is 0 Å². The maximum Gasteiger partial charge on any atom is 0.227 e. The van der Waals surface area contributed by atoms with E-state index in [1.165, 1.54) is 0 Å². The first kappa shape index (κ1) is 16.1. The molecule has 1 saturated heterocycles. The van der Waals surface area contributed by atoms with Gasteiger partial charge in [0.15, 0.2) is 0 Å². The van der Waals surface area contributed by atoms with Crippen molar-refractivity contribution < 1.29 is 9.53 Å². The van der Waals surface area contributed by atoms with Crippen molar-refractivity contribution in [2.45, 2.75) is 39.2 Å². The summed E-state index contributed by atoms with van der Waals surface area (Å²) in [5.41, 5.74) is 0.659. The van der Waals surface area contributed by atoms with Gasteiger partial charge in [0.05, 0.1) is 12.3 Å². The summed E-state index contributed by atoms with van der Waals surface area (Å²) in [5.74, 6) is 0.766. The van der Waals surface area contributed by atoms with Crippen LogP contribution in [0, 0.1) is 5.92 Å². The molecule has 5 heteroatoms. The summed E-state index contributed by atoms with van der Waals surface area (Å²) in [6.45, 7) is 5.65. The number of benzene rings is 1. The van der Waals surface area contributed by atoms with Gasteiger partial charge >= 0.3 is 0 Å². The Labute approximate surface area is 131 Å². The van der Waals surface area contributed by atoms with Crippen molar-refractivity contribution in [2.75, 3.05) is 18.5 Å². The van der Waals surface area contributed by atoms with Gasteiger partial charge in [-0.05, 0) is 50.9 Å². The minimum Gasteiger partial charge on any atom is -0.491 e. The number of hydrogen-bond acceptors (Lipinski definition) is 3. The molecule has 0 saturated carbocycles. The van der Waals surface area contributed by atoms with Crippen LogP contribution in [0.3, 0.4) is 0 Å². The van der Waals surface area contributed by atoms with Gasteiger partial charge in [-0.3, -0.25) is 4.79 Å². The number of halogens is 1. The fraction of sp³-hybridized carbons (Fsp3) is 0.562. The van der Waals surface area contributed by atoms with Gasteiger partial charge in [0, 0.05) is 17.0 Å². The number of anilines is 1. The van der Waals surface area contributed by atoms with Crippen LogP contribution in [0.1, 0.15) is 33.1 Å². The Kier molecular flexibility index (Phi) is 5.88. The minimum absolute atomic E-state index is 0.0410. The molecular formula is C16H23ClN2O2. The molecule has 1 amide bonds. The standard InChI is InChI=1S/C16H23ClN2O2/c1-3-8-21-15-5-4-13(17)10-14(15)19-16(20)12-6-7-18-11(2)9-12/h4-5,10-12,18H,3,6-9H2,1-2H3,(H,19,20)/t11-,12-/m0/s1.